The first-order valence-electron chi connectivity index (χ1n) is 6.06. The van der Waals surface area contributed by atoms with Crippen molar-refractivity contribution < 1.29 is 0 Å². The molecule has 2 aromatic rings. The number of aryl methyl sites for hydroxylation is 1. The van der Waals surface area contributed by atoms with Crippen LogP contribution in [0.1, 0.15) is 16.8 Å². The molecule has 0 fully saturated rings. The van der Waals surface area contributed by atoms with Crippen LogP contribution in [0.15, 0.2) is 47.5 Å². The van der Waals surface area contributed by atoms with Gasteiger partial charge in [-0.2, -0.15) is 0 Å². The highest BCUT2D eigenvalue weighted by atomic mass is 32.2. The molecule has 1 heterocycles. The summed E-state index contributed by atoms with van der Waals surface area (Å²) in [6, 6.07) is 12.8. The van der Waals surface area contributed by atoms with E-state index in [4.69, 9.17) is 0 Å². The van der Waals surface area contributed by atoms with E-state index in [2.05, 4.69) is 47.6 Å². The van der Waals surface area contributed by atoms with Crippen molar-refractivity contribution in [2.75, 3.05) is 7.05 Å². The summed E-state index contributed by atoms with van der Waals surface area (Å²) in [7, 11) is 1.96. The number of hydrogen-bond acceptors (Lipinski definition) is 3. The zero-order chi connectivity index (χ0) is 12.8. The monoisotopic (exact) mass is 258 g/mol. The van der Waals surface area contributed by atoms with Crippen LogP contribution in [0.4, 0.5) is 0 Å². The first-order valence-corrected chi connectivity index (χ1v) is 7.05. The van der Waals surface area contributed by atoms with E-state index in [1.807, 2.05) is 31.1 Å². The Morgan fingerprint density at radius 3 is 2.61 bits per heavy atom. The van der Waals surface area contributed by atoms with Gasteiger partial charge < -0.3 is 5.32 Å². The molecular formula is C15H18N2S. The summed E-state index contributed by atoms with van der Waals surface area (Å²) < 4.78 is 0. The molecule has 0 aliphatic heterocycles. The molecule has 0 radical (unpaired) electrons. The van der Waals surface area contributed by atoms with Crippen molar-refractivity contribution in [2.45, 2.75) is 24.1 Å². The number of nitrogens with zero attached hydrogens (tertiary/aromatic N) is 1. The third-order valence-electron chi connectivity index (χ3n) is 2.80. The minimum Gasteiger partial charge on any atom is -0.316 e. The van der Waals surface area contributed by atoms with Crippen LogP contribution in [0.3, 0.4) is 0 Å². The minimum absolute atomic E-state index is 0.921. The Balaban J connectivity index is 1.96. The lowest BCUT2D eigenvalue weighted by molar-refractivity contribution is 0.817. The summed E-state index contributed by atoms with van der Waals surface area (Å²) in [4.78, 5) is 5.70. The topological polar surface area (TPSA) is 24.9 Å². The summed E-state index contributed by atoms with van der Waals surface area (Å²) in [5.41, 5.74) is 3.74. The van der Waals surface area contributed by atoms with Gasteiger partial charge in [0.15, 0.2) is 0 Å². The zero-order valence-corrected chi connectivity index (χ0v) is 11.6. The molecule has 0 bridgehead atoms. The van der Waals surface area contributed by atoms with Crippen LogP contribution in [0, 0.1) is 6.92 Å². The number of rotatable bonds is 5. The van der Waals surface area contributed by atoms with Crippen LogP contribution in [0.5, 0.6) is 0 Å². The summed E-state index contributed by atoms with van der Waals surface area (Å²) in [6.45, 7) is 3.03. The molecule has 1 aromatic carbocycles. The number of pyridine rings is 1. The minimum atomic E-state index is 0.921. The molecule has 2 rings (SSSR count). The molecule has 0 saturated carbocycles. The van der Waals surface area contributed by atoms with E-state index in [0.29, 0.717) is 0 Å². The third-order valence-corrected chi connectivity index (χ3v) is 3.82. The highest BCUT2D eigenvalue weighted by Gasteiger charge is 2.00. The Morgan fingerprint density at radius 2 is 1.94 bits per heavy atom. The second kappa shape index (κ2) is 6.57. The Bertz CT molecular complexity index is 494. The highest BCUT2D eigenvalue weighted by molar-refractivity contribution is 7.98. The van der Waals surface area contributed by atoms with Gasteiger partial charge in [0.1, 0.15) is 0 Å². The average molecular weight is 258 g/mol. The molecule has 94 valence electrons. The Morgan fingerprint density at radius 1 is 1.17 bits per heavy atom. The fourth-order valence-corrected chi connectivity index (χ4v) is 2.66. The van der Waals surface area contributed by atoms with Gasteiger partial charge in [0.05, 0.1) is 5.69 Å². The fraction of sp³-hybridized carbons (Fsp3) is 0.267. The Hall–Kier alpha value is -1.32. The maximum absolute atomic E-state index is 4.41. The van der Waals surface area contributed by atoms with Gasteiger partial charge in [-0.1, -0.05) is 18.2 Å². The van der Waals surface area contributed by atoms with Crippen LogP contribution in [-0.2, 0) is 12.3 Å². The molecule has 3 heteroatoms. The Labute approximate surface area is 113 Å². The zero-order valence-electron chi connectivity index (χ0n) is 10.8. The van der Waals surface area contributed by atoms with Gasteiger partial charge in [0.2, 0.25) is 0 Å². The van der Waals surface area contributed by atoms with Gasteiger partial charge in [0, 0.05) is 23.4 Å². The molecule has 0 unspecified atom stereocenters. The van der Waals surface area contributed by atoms with Gasteiger partial charge in [0.25, 0.3) is 0 Å². The van der Waals surface area contributed by atoms with Crippen molar-refractivity contribution in [1.29, 1.82) is 0 Å². The lowest BCUT2D eigenvalue weighted by Gasteiger charge is -2.05. The average Bonchev–Trinajstić information content (AvgIpc) is 2.40. The van der Waals surface area contributed by atoms with Gasteiger partial charge in [-0.3, -0.25) is 4.98 Å². The van der Waals surface area contributed by atoms with E-state index in [1.54, 1.807) is 0 Å². The molecule has 2 nitrogen and oxygen atoms in total. The molecule has 18 heavy (non-hydrogen) atoms. The molecule has 0 aliphatic carbocycles. The Kier molecular flexibility index (Phi) is 4.79. The number of hydrogen-bond donors (Lipinski definition) is 1. The number of benzene rings is 1. The van der Waals surface area contributed by atoms with Crippen molar-refractivity contribution in [1.82, 2.24) is 10.3 Å². The van der Waals surface area contributed by atoms with Crippen LogP contribution in [0.25, 0.3) is 0 Å². The smallest absolute Gasteiger partial charge is 0.0535 e. The normalized spacial score (nSPS) is 10.6. The predicted octanol–water partition coefficient (Wildman–Crippen LogP) is 3.40. The van der Waals surface area contributed by atoms with Crippen molar-refractivity contribution in [3.8, 4) is 0 Å². The molecule has 0 atom stereocenters. The second-order valence-electron chi connectivity index (χ2n) is 4.23. The van der Waals surface area contributed by atoms with Crippen molar-refractivity contribution in [3.63, 3.8) is 0 Å². The summed E-state index contributed by atoms with van der Waals surface area (Å²) in [5, 5.41) is 3.15. The standard InChI is InChI=1S/C15H18N2S/c1-12-4-3-9-17-15(12)11-18-14-7-5-13(6-8-14)10-16-2/h3-9,16H,10-11H2,1-2H3. The van der Waals surface area contributed by atoms with Crippen LogP contribution < -0.4 is 5.32 Å². The lowest BCUT2D eigenvalue weighted by atomic mass is 10.2. The van der Waals surface area contributed by atoms with E-state index < -0.39 is 0 Å². The lowest BCUT2D eigenvalue weighted by Crippen LogP contribution is -2.04. The first-order chi connectivity index (χ1) is 8.79. The number of nitrogens with one attached hydrogen (secondary N) is 1. The summed E-state index contributed by atoms with van der Waals surface area (Å²) in [6.07, 6.45) is 1.86. The van der Waals surface area contributed by atoms with E-state index in [0.717, 1.165) is 12.3 Å². The largest absolute Gasteiger partial charge is 0.316 e. The summed E-state index contributed by atoms with van der Waals surface area (Å²) >= 11 is 1.83. The van der Waals surface area contributed by atoms with Gasteiger partial charge in [-0.25, -0.2) is 0 Å². The maximum atomic E-state index is 4.41. The molecule has 0 saturated heterocycles. The van der Waals surface area contributed by atoms with Crippen LogP contribution >= 0.6 is 11.8 Å². The predicted molar refractivity (Wildman–Crippen MR) is 77.7 cm³/mol. The molecular weight excluding hydrogens is 240 g/mol. The third kappa shape index (κ3) is 3.59. The second-order valence-corrected chi connectivity index (χ2v) is 5.28. The van der Waals surface area contributed by atoms with E-state index in [1.165, 1.54) is 21.7 Å². The molecule has 0 amide bonds. The van der Waals surface area contributed by atoms with Gasteiger partial charge >= 0.3 is 0 Å². The van der Waals surface area contributed by atoms with E-state index in [9.17, 15) is 0 Å². The maximum Gasteiger partial charge on any atom is 0.0535 e. The fourth-order valence-electron chi connectivity index (χ4n) is 1.73. The molecule has 1 aromatic heterocycles. The van der Waals surface area contributed by atoms with Crippen molar-refractivity contribution in [2.24, 2.45) is 0 Å². The van der Waals surface area contributed by atoms with Crippen molar-refractivity contribution >= 4 is 11.8 Å². The SMILES string of the molecule is CNCc1ccc(SCc2ncccc2C)cc1. The van der Waals surface area contributed by atoms with Crippen LogP contribution in [-0.4, -0.2) is 12.0 Å². The van der Waals surface area contributed by atoms with Gasteiger partial charge in [-0.15, -0.1) is 11.8 Å². The first kappa shape index (κ1) is 13.1. The summed E-state index contributed by atoms with van der Waals surface area (Å²) in [5.74, 6) is 0.929. The highest BCUT2D eigenvalue weighted by Crippen LogP contribution is 2.23. The number of thioether (sulfide) groups is 1. The quantitative estimate of drug-likeness (QED) is 0.832. The molecule has 0 spiro atoms. The van der Waals surface area contributed by atoms with E-state index in [-0.39, 0.29) is 0 Å². The molecule has 0 aliphatic rings. The van der Waals surface area contributed by atoms with E-state index >= 15 is 0 Å². The van der Waals surface area contributed by atoms with Crippen LogP contribution in [0.2, 0.25) is 0 Å². The number of aromatic nitrogens is 1. The molecule has 1 N–H and O–H groups in total. The van der Waals surface area contributed by atoms with Crippen molar-refractivity contribution in [3.05, 3.63) is 59.4 Å². The van der Waals surface area contributed by atoms with Gasteiger partial charge in [-0.05, 0) is 43.3 Å².